The second-order valence-corrected chi connectivity index (χ2v) is 5.41. The summed E-state index contributed by atoms with van der Waals surface area (Å²) in [6.45, 7) is 6.25. The van der Waals surface area contributed by atoms with E-state index in [1.807, 2.05) is 37.3 Å². The van der Waals surface area contributed by atoms with Crippen molar-refractivity contribution >= 4 is 13.2 Å². The van der Waals surface area contributed by atoms with E-state index in [1.165, 1.54) is 0 Å². The standard InChI is InChI=1S/C13H19O3P/c1-4-15-17(14,16-5-2)11-12(3)13-9-7-6-8-10-13/h6-11H,4-5H2,1-3H3/b12-11-. The first kappa shape index (κ1) is 14.2. The fourth-order valence-electron chi connectivity index (χ4n) is 1.48. The topological polar surface area (TPSA) is 35.5 Å². The van der Waals surface area contributed by atoms with Crippen LogP contribution in [0.3, 0.4) is 0 Å². The largest absolute Gasteiger partial charge is 0.354 e. The van der Waals surface area contributed by atoms with Gasteiger partial charge in [0.25, 0.3) is 0 Å². The molecule has 0 aliphatic heterocycles. The molecule has 0 radical (unpaired) electrons. The summed E-state index contributed by atoms with van der Waals surface area (Å²) in [5, 5.41) is 0. The molecule has 94 valence electrons. The van der Waals surface area contributed by atoms with Crippen LogP contribution in [-0.2, 0) is 13.6 Å². The molecule has 0 atom stereocenters. The third-order valence-corrected chi connectivity index (χ3v) is 4.14. The van der Waals surface area contributed by atoms with E-state index >= 15 is 0 Å². The average Bonchev–Trinajstić information content (AvgIpc) is 2.30. The molecule has 1 aromatic rings. The Bertz CT molecular complexity index is 402. The Morgan fingerprint density at radius 1 is 1.18 bits per heavy atom. The van der Waals surface area contributed by atoms with Crippen molar-refractivity contribution in [3.8, 4) is 0 Å². The van der Waals surface area contributed by atoms with E-state index < -0.39 is 7.60 Å². The monoisotopic (exact) mass is 254 g/mol. The first-order valence-corrected chi connectivity index (χ1v) is 7.36. The van der Waals surface area contributed by atoms with Gasteiger partial charge >= 0.3 is 7.60 Å². The van der Waals surface area contributed by atoms with Crippen LogP contribution >= 0.6 is 7.60 Å². The predicted octanol–water partition coefficient (Wildman–Crippen LogP) is 4.31. The Morgan fingerprint density at radius 2 is 1.71 bits per heavy atom. The molecule has 17 heavy (non-hydrogen) atoms. The summed E-state index contributed by atoms with van der Waals surface area (Å²) in [5.41, 5.74) is 1.92. The molecule has 0 aliphatic rings. The van der Waals surface area contributed by atoms with Crippen molar-refractivity contribution in [3.05, 3.63) is 41.7 Å². The van der Waals surface area contributed by atoms with Crippen molar-refractivity contribution in [2.75, 3.05) is 13.2 Å². The van der Waals surface area contributed by atoms with Gasteiger partial charge in [-0.15, -0.1) is 0 Å². The van der Waals surface area contributed by atoms with Gasteiger partial charge in [-0.1, -0.05) is 30.3 Å². The van der Waals surface area contributed by atoms with Gasteiger partial charge in [0.15, 0.2) is 0 Å². The molecule has 0 saturated carbocycles. The second kappa shape index (κ2) is 6.75. The van der Waals surface area contributed by atoms with Gasteiger partial charge < -0.3 is 9.05 Å². The highest BCUT2D eigenvalue weighted by Gasteiger charge is 2.20. The highest BCUT2D eigenvalue weighted by Crippen LogP contribution is 2.51. The summed E-state index contributed by atoms with van der Waals surface area (Å²) in [4.78, 5) is 0. The van der Waals surface area contributed by atoms with Gasteiger partial charge in [0, 0.05) is 5.82 Å². The molecule has 0 N–H and O–H groups in total. The second-order valence-electron chi connectivity index (χ2n) is 3.55. The minimum Gasteiger partial charge on any atom is -0.306 e. The van der Waals surface area contributed by atoms with Crippen LogP contribution in [-0.4, -0.2) is 13.2 Å². The van der Waals surface area contributed by atoms with E-state index in [9.17, 15) is 4.57 Å². The molecule has 4 heteroatoms. The molecule has 3 nitrogen and oxygen atoms in total. The predicted molar refractivity (Wildman–Crippen MR) is 71.0 cm³/mol. The summed E-state index contributed by atoms with van der Waals surface area (Å²) < 4.78 is 22.7. The quantitative estimate of drug-likeness (QED) is 0.709. The molecular weight excluding hydrogens is 235 g/mol. The third-order valence-electron chi connectivity index (χ3n) is 2.20. The van der Waals surface area contributed by atoms with Crippen molar-refractivity contribution in [3.63, 3.8) is 0 Å². The molecule has 0 unspecified atom stereocenters. The van der Waals surface area contributed by atoms with E-state index in [4.69, 9.17) is 9.05 Å². The van der Waals surface area contributed by atoms with Crippen LogP contribution in [0.15, 0.2) is 36.1 Å². The summed E-state index contributed by atoms with van der Waals surface area (Å²) in [6, 6.07) is 9.77. The van der Waals surface area contributed by atoms with Gasteiger partial charge in [-0.25, -0.2) is 0 Å². The van der Waals surface area contributed by atoms with E-state index in [0.29, 0.717) is 13.2 Å². The van der Waals surface area contributed by atoms with Gasteiger partial charge in [-0.3, -0.25) is 4.57 Å². The Morgan fingerprint density at radius 3 is 2.18 bits per heavy atom. The number of allylic oxidation sites excluding steroid dienone is 1. The molecule has 1 aromatic carbocycles. The van der Waals surface area contributed by atoms with Crippen LogP contribution in [0.4, 0.5) is 0 Å². The number of benzene rings is 1. The lowest BCUT2D eigenvalue weighted by Gasteiger charge is -2.14. The molecule has 0 heterocycles. The smallest absolute Gasteiger partial charge is 0.306 e. The van der Waals surface area contributed by atoms with E-state index in [0.717, 1.165) is 11.1 Å². The first-order chi connectivity index (χ1) is 8.11. The molecule has 0 amide bonds. The SMILES string of the molecule is CCOP(=O)(/C=C(/C)c1ccccc1)OCC. The summed E-state index contributed by atoms with van der Waals surface area (Å²) >= 11 is 0. The van der Waals surface area contributed by atoms with E-state index in [2.05, 4.69) is 0 Å². The van der Waals surface area contributed by atoms with Crippen molar-refractivity contribution in [2.24, 2.45) is 0 Å². The Kier molecular flexibility index (Phi) is 5.63. The highest BCUT2D eigenvalue weighted by molar-refractivity contribution is 7.57. The lowest BCUT2D eigenvalue weighted by Crippen LogP contribution is -1.93. The van der Waals surface area contributed by atoms with Crippen LogP contribution in [0.25, 0.3) is 5.57 Å². The summed E-state index contributed by atoms with van der Waals surface area (Å²) in [6.07, 6.45) is 0. The van der Waals surface area contributed by atoms with Gasteiger partial charge in [0.1, 0.15) is 0 Å². The Hall–Kier alpha value is -0.890. The number of rotatable bonds is 6. The molecule has 0 fully saturated rings. The van der Waals surface area contributed by atoms with Crippen LogP contribution in [0, 0.1) is 0 Å². The van der Waals surface area contributed by atoms with Crippen LogP contribution in [0.2, 0.25) is 0 Å². The first-order valence-electron chi connectivity index (χ1n) is 5.75. The number of hydrogen-bond acceptors (Lipinski definition) is 3. The highest BCUT2D eigenvalue weighted by atomic mass is 31.2. The van der Waals surface area contributed by atoms with Crippen molar-refractivity contribution < 1.29 is 13.6 Å². The molecule has 0 bridgehead atoms. The van der Waals surface area contributed by atoms with Gasteiger partial charge in [0.05, 0.1) is 13.2 Å². The van der Waals surface area contributed by atoms with Gasteiger partial charge in [-0.2, -0.15) is 0 Å². The fourth-order valence-corrected chi connectivity index (χ4v) is 3.05. The average molecular weight is 254 g/mol. The molecule has 1 rings (SSSR count). The Labute approximate surface area is 103 Å². The van der Waals surface area contributed by atoms with Crippen LogP contribution < -0.4 is 0 Å². The van der Waals surface area contributed by atoms with E-state index in [-0.39, 0.29) is 0 Å². The molecule has 0 aromatic heterocycles. The lowest BCUT2D eigenvalue weighted by molar-refractivity contribution is 0.229. The zero-order chi connectivity index (χ0) is 12.7. The maximum Gasteiger partial charge on any atom is 0.354 e. The minimum absolute atomic E-state index is 0.371. The van der Waals surface area contributed by atoms with Gasteiger partial charge in [0.2, 0.25) is 0 Å². The van der Waals surface area contributed by atoms with Crippen molar-refractivity contribution in [1.82, 2.24) is 0 Å². The molecule has 0 aliphatic carbocycles. The zero-order valence-electron chi connectivity index (χ0n) is 10.6. The maximum atomic E-state index is 12.3. The molecule has 0 spiro atoms. The van der Waals surface area contributed by atoms with Gasteiger partial charge in [-0.05, 0) is 31.9 Å². The van der Waals surface area contributed by atoms with Crippen LogP contribution in [0.5, 0.6) is 0 Å². The lowest BCUT2D eigenvalue weighted by atomic mass is 10.1. The number of hydrogen-bond donors (Lipinski definition) is 0. The third kappa shape index (κ3) is 4.47. The van der Waals surface area contributed by atoms with Crippen molar-refractivity contribution in [1.29, 1.82) is 0 Å². The summed E-state index contributed by atoms with van der Waals surface area (Å²) in [5.74, 6) is 1.59. The maximum absolute atomic E-state index is 12.3. The minimum atomic E-state index is -3.10. The normalized spacial score (nSPS) is 12.8. The van der Waals surface area contributed by atoms with Crippen LogP contribution in [0.1, 0.15) is 26.3 Å². The molecule has 0 saturated heterocycles. The Balaban J connectivity index is 2.95. The zero-order valence-corrected chi connectivity index (χ0v) is 11.4. The fraction of sp³-hybridized carbons (Fsp3) is 0.385. The molecular formula is C13H19O3P. The van der Waals surface area contributed by atoms with E-state index in [1.54, 1.807) is 19.7 Å². The summed E-state index contributed by atoms with van der Waals surface area (Å²) in [7, 11) is -3.10. The van der Waals surface area contributed by atoms with Crippen molar-refractivity contribution in [2.45, 2.75) is 20.8 Å².